The summed E-state index contributed by atoms with van der Waals surface area (Å²) in [4.78, 5) is 21.3. The summed E-state index contributed by atoms with van der Waals surface area (Å²) in [7, 11) is 0. The molecule has 0 unspecified atom stereocenters. The van der Waals surface area contributed by atoms with Gasteiger partial charge in [0.05, 0.1) is 23.9 Å². The number of hydrogen-bond donors (Lipinski definition) is 1. The first kappa shape index (κ1) is 20.1. The van der Waals surface area contributed by atoms with Gasteiger partial charge in [0, 0.05) is 5.69 Å². The van der Waals surface area contributed by atoms with Crippen molar-refractivity contribution in [2.75, 3.05) is 11.1 Å². The highest BCUT2D eigenvalue weighted by molar-refractivity contribution is 8.00. The van der Waals surface area contributed by atoms with E-state index < -0.39 is 0 Å². The van der Waals surface area contributed by atoms with Crippen molar-refractivity contribution in [1.29, 1.82) is 0 Å². The minimum Gasteiger partial charge on any atom is -0.325 e. The number of aromatic nitrogens is 4. The number of thioether (sulfide) groups is 1. The van der Waals surface area contributed by atoms with Crippen LogP contribution in [0.2, 0.25) is 0 Å². The largest absolute Gasteiger partial charge is 0.325 e. The molecule has 2 aromatic heterocycles. The van der Waals surface area contributed by atoms with Crippen LogP contribution in [-0.4, -0.2) is 31.4 Å². The molecule has 0 aliphatic rings. The second-order valence-electron chi connectivity index (χ2n) is 7.28. The Bertz CT molecular complexity index is 1160. The molecule has 0 atom stereocenters. The Morgan fingerprint density at radius 3 is 2.63 bits per heavy atom. The van der Waals surface area contributed by atoms with Crippen molar-refractivity contribution >= 4 is 34.4 Å². The van der Waals surface area contributed by atoms with Gasteiger partial charge in [-0.3, -0.25) is 4.79 Å². The quantitative estimate of drug-likeness (QED) is 0.348. The van der Waals surface area contributed by atoms with E-state index >= 15 is 0 Å². The molecular formula is C23H23N5OS. The third kappa shape index (κ3) is 4.52. The van der Waals surface area contributed by atoms with E-state index in [1.807, 2.05) is 47.1 Å². The average Bonchev–Trinajstić information content (AvgIpc) is 3.16. The standard InChI is InChI=1S/C23H23N5OS/c1-16(2)18-10-6-7-11-20(18)27-21(29)14-30-23-19-12-26-28(22(19)24-15-25-23)13-17-8-4-3-5-9-17/h3-12,15-16H,13-14H2,1-2H3,(H,27,29). The minimum absolute atomic E-state index is 0.0588. The Labute approximate surface area is 179 Å². The lowest BCUT2D eigenvalue weighted by atomic mass is 10.0. The van der Waals surface area contributed by atoms with Crippen LogP contribution in [0.1, 0.15) is 30.9 Å². The van der Waals surface area contributed by atoms with Crippen molar-refractivity contribution < 1.29 is 4.79 Å². The maximum atomic E-state index is 12.5. The first-order chi connectivity index (χ1) is 14.6. The highest BCUT2D eigenvalue weighted by Crippen LogP contribution is 2.26. The maximum Gasteiger partial charge on any atom is 0.234 e. The summed E-state index contributed by atoms with van der Waals surface area (Å²) in [6.07, 6.45) is 3.30. The molecule has 1 N–H and O–H groups in total. The summed E-state index contributed by atoms with van der Waals surface area (Å²) < 4.78 is 1.86. The monoisotopic (exact) mass is 417 g/mol. The SMILES string of the molecule is CC(C)c1ccccc1NC(=O)CSc1ncnc2c1cnn2Cc1ccccc1. The molecule has 0 saturated carbocycles. The van der Waals surface area contributed by atoms with E-state index in [2.05, 4.69) is 46.4 Å². The number of carbonyl (C=O) groups is 1. The topological polar surface area (TPSA) is 72.7 Å². The van der Waals surface area contributed by atoms with E-state index in [1.165, 1.54) is 18.1 Å². The Kier molecular flexibility index (Phi) is 6.09. The first-order valence-corrected chi connectivity index (χ1v) is 10.8. The molecule has 2 heterocycles. The van der Waals surface area contributed by atoms with Crippen molar-refractivity contribution in [1.82, 2.24) is 19.7 Å². The zero-order valence-corrected chi connectivity index (χ0v) is 17.8. The Morgan fingerprint density at radius 1 is 1.07 bits per heavy atom. The molecule has 0 fully saturated rings. The van der Waals surface area contributed by atoms with Gasteiger partial charge in [-0.05, 0) is 23.1 Å². The van der Waals surface area contributed by atoms with Crippen LogP contribution in [-0.2, 0) is 11.3 Å². The lowest BCUT2D eigenvalue weighted by Crippen LogP contribution is -2.15. The van der Waals surface area contributed by atoms with Crippen molar-refractivity contribution in [2.45, 2.75) is 31.3 Å². The zero-order valence-electron chi connectivity index (χ0n) is 16.9. The zero-order chi connectivity index (χ0) is 20.9. The van der Waals surface area contributed by atoms with Crippen LogP contribution < -0.4 is 5.32 Å². The van der Waals surface area contributed by atoms with Crippen molar-refractivity contribution in [2.24, 2.45) is 0 Å². The van der Waals surface area contributed by atoms with Gasteiger partial charge in [0.2, 0.25) is 5.91 Å². The normalized spacial score (nSPS) is 11.2. The Morgan fingerprint density at radius 2 is 1.83 bits per heavy atom. The summed E-state index contributed by atoms with van der Waals surface area (Å²) in [5.74, 6) is 0.546. The third-order valence-corrected chi connectivity index (χ3v) is 5.77. The fraction of sp³-hybridized carbons (Fsp3) is 0.217. The molecule has 0 bridgehead atoms. The molecule has 1 amide bonds. The maximum absolute atomic E-state index is 12.5. The highest BCUT2D eigenvalue weighted by atomic mass is 32.2. The van der Waals surface area contributed by atoms with Gasteiger partial charge in [-0.15, -0.1) is 0 Å². The Balaban J connectivity index is 1.46. The highest BCUT2D eigenvalue weighted by Gasteiger charge is 2.14. The van der Waals surface area contributed by atoms with E-state index in [1.54, 1.807) is 6.20 Å². The van der Waals surface area contributed by atoms with Crippen LogP contribution in [0.5, 0.6) is 0 Å². The van der Waals surface area contributed by atoms with E-state index in [0.29, 0.717) is 12.5 Å². The second-order valence-corrected chi connectivity index (χ2v) is 8.25. The number of anilines is 1. The van der Waals surface area contributed by atoms with E-state index in [-0.39, 0.29) is 11.7 Å². The number of fused-ring (bicyclic) bond motifs is 1. The van der Waals surface area contributed by atoms with Crippen LogP contribution in [0.25, 0.3) is 11.0 Å². The van der Waals surface area contributed by atoms with Crippen LogP contribution in [0.15, 0.2) is 72.1 Å². The van der Waals surface area contributed by atoms with E-state index in [4.69, 9.17) is 0 Å². The number of nitrogens with zero attached hydrogens (tertiary/aromatic N) is 4. The summed E-state index contributed by atoms with van der Waals surface area (Å²) >= 11 is 1.39. The lowest BCUT2D eigenvalue weighted by molar-refractivity contribution is -0.113. The molecule has 4 rings (SSSR count). The summed E-state index contributed by atoms with van der Waals surface area (Å²) in [6, 6.07) is 18.0. The van der Waals surface area contributed by atoms with Gasteiger partial charge < -0.3 is 5.32 Å². The van der Waals surface area contributed by atoms with Gasteiger partial charge in [-0.25, -0.2) is 14.6 Å². The van der Waals surface area contributed by atoms with Gasteiger partial charge >= 0.3 is 0 Å². The van der Waals surface area contributed by atoms with Crippen molar-refractivity contribution in [3.05, 3.63) is 78.2 Å². The van der Waals surface area contributed by atoms with Gasteiger partial charge in [-0.2, -0.15) is 5.10 Å². The molecule has 30 heavy (non-hydrogen) atoms. The van der Waals surface area contributed by atoms with Gasteiger partial charge in [-0.1, -0.05) is 74.1 Å². The number of amides is 1. The Hall–Kier alpha value is -3.19. The van der Waals surface area contributed by atoms with Crippen LogP contribution in [0, 0.1) is 0 Å². The lowest BCUT2D eigenvalue weighted by Gasteiger charge is -2.13. The molecule has 0 aliphatic carbocycles. The molecule has 2 aromatic carbocycles. The van der Waals surface area contributed by atoms with Gasteiger partial charge in [0.1, 0.15) is 11.4 Å². The van der Waals surface area contributed by atoms with Crippen LogP contribution >= 0.6 is 11.8 Å². The molecule has 6 nitrogen and oxygen atoms in total. The molecule has 0 aliphatic heterocycles. The molecule has 0 radical (unpaired) electrons. The fourth-order valence-corrected chi connectivity index (χ4v) is 4.05. The molecule has 152 valence electrons. The predicted octanol–water partition coefficient (Wildman–Crippen LogP) is 4.73. The van der Waals surface area contributed by atoms with Crippen LogP contribution in [0.3, 0.4) is 0 Å². The van der Waals surface area contributed by atoms with Crippen molar-refractivity contribution in [3.8, 4) is 0 Å². The van der Waals surface area contributed by atoms with E-state index in [0.717, 1.165) is 32.9 Å². The summed E-state index contributed by atoms with van der Waals surface area (Å²) in [5, 5.41) is 9.11. The molecule has 0 spiro atoms. The average molecular weight is 418 g/mol. The fourth-order valence-electron chi connectivity index (χ4n) is 3.29. The van der Waals surface area contributed by atoms with Crippen molar-refractivity contribution in [3.63, 3.8) is 0 Å². The number of para-hydroxylation sites is 1. The number of hydrogen-bond acceptors (Lipinski definition) is 5. The predicted molar refractivity (Wildman–Crippen MR) is 121 cm³/mol. The second kappa shape index (κ2) is 9.09. The van der Waals surface area contributed by atoms with Gasteiger partial charge in [0.25, 0.3) is 0 Å². The number of carbonyl (C=O) groups excluding carboxylic acids is 1. The first-order valence-electron chi connectivity index (χ1n) is 9.84. The smallest absolute Gasteiger partial charge is 0.234 e. The third-order valence-electron chi connectivity index (χ3n) is 4.77. The molecular weight excluding hydrogens is 394 g/mol. The molecule has 4 aromatic rings. The number of benzene rings is 2. The molecule has 7 heteroatoms. The summed E-state index contributed by atoms with van der Waals surface area (Å²) in [5.41, 5.74) is 3.91. The summed E-state index contributed by atoms with van der Waals surface area (Å²) in [6.45, 7) is 4.87. The minimum atomic E-state index is -0.0588. The van der Waals surface area contributed by atoms with Gasteiger partial charge in [0.15, 0.2) is 5.65 Å². The van der Waals surface area contributed by atoms with Crippen LogP contribution in [0.4, 0.5) is 5.69 Å². The molecule has 0 saturated heterocycles. The number of rotatable bonds is 7. The number of nitrogens with one attached hydrogen (secondary N) is 1. The van der Waals surface area contributed by atoms with E-state index in [9.17, 15) is 4.79 Å².